The van der Waals surface area contributed by atoms with Gasteiger partial charge < -0.3 is 19.9 Å². The summed E-state index contributed by atoms with van der Waals surface area (Å²) in [6.45, 7) is 2.68. The predicted octanol–water partition coefficient (Wildman–Crippen LogP) is 3.36. The Balaban J connectivity index is 1.81. The summed E-state index contributed by atoms with van der Waals surface area (Å²) in [6, 6.07) is 0.253. The fourth-order valence-electron chi connectivity index (χ4n) is 3.96. The maximum atomic E-state index is 14.1. The Morgan fingerprint density at radius 1 is 1.12 bits per heavy atom. The summed E-state index contributed by atoms with van der Waals surface area (Å²) < 4.78 is 81.4. The highest BCUT2D eigenvalue weighted by atomic mass is 19.4. The zero-order valence-corrected chi connectivity index (χ0v) is 18.2. The van der Waals surface area contributed by atoms with Crippen molar-refractivity contribution in [1.82, 2.24) is 19.8 Å². The van der Waals surface area contributed by atoms with Crippen molar-refractivity contribution in [2.75, 3.05) is 6.54 Å². The van der Waals surface area contributed by atoms with Gasteiger partial charge in [0.05, 0.1) is 12.2 Å². The minimum atomic E-state index is -4.87. The van der Waals surface area contributed by atoms with Crippen LogP contribution in [0.25, 0.3) is 0 Å². The third kappa shape index (κ3) is 5.51. The molecule has 0 saturated carbocycles. The molecule has 1 unspecified atom stereocenters. The summed E-state index contributed by atoms with van der Waals surface area (Å²) >= 11 is 0. The molecule has 1 amide bonds. The minimum absolute atomic E-state index is 0.127. The average Bonchev–Trinajstić information content (AvgIpc) is 3.11. The van der Waals surface area contributed by atoms with Gasteiger partial charge in [-0.25, -0.2) is 22.9 Å². The van der Waals surface area contributed by atoms with E-state index >= 15 is 0 Å². The van der Waals surface area contributed by atoms with Gasteiger partial charge in [0.1, 0.15) is 5.82 Å². The lowest BCUT2D eigenvalue weighted by molar-refractivity contribution is -0.148. The average molecular weight is 492 g/mol. The number of nitrogens with one attached hydrogen (secondary N) is 1. The highest BCUT2D eigenvalue weighted by Gasteiger charge is 2.41. The van der Waals surface area contributed by atoms with Crippen LogP contribution in [0.3, 0.4) is 0 Å². The predicted molar refractivity (Wildman–Crippen MR) is 106 cm³/mol. The number of nitrogens with zero attached hydrogens (tertiary/aromatic N) is 3. The molecule has 0 saturated heterocycles. The van der Waals surface area contributed by atoms with E-state index < -0.39 is 59.6 Å². The van der Waals surface area contributed by atoms with E-state index in [-0.39, 0.29) is 43.2 Å². The van der Waals surface area contributed by atoms with E-state index in [0.29, 0.717) is 12.1 Å². The fourth-order valence-corrected chi connectivity index (χ4v) is 3.96. The molecule has 1 aromatic heterocycles. The second-order valence-electron chi connectivity index (χ2n) is 8.28. The van der Waals surface area contributed by atoms with Gasteiger partial charge >= 0.3 is 12.1 Å². The molecule has 13 heteroatoms. The van der Waals surface area contributed by atoms with Crippen molar-refractivity contribution >= 4 is 11.9 Å². The number of rotatable bonds is 7. The van der Waals surface area contributed by atoms with Gasteiger partial charge in [-0.2, -0.15) is 13.2 Å². The number of carboxylic acid groups (broad SMARTS) is 1. The maximum Gasteiger partial charge on any atom is 0.449 e. The first-order valence-corrected chi connectivity index (χ1v) is 10.3. The Labute approximate surface area is 190 Å². The standard InChI is InChI=1S/C21H22F6N4O3/c1-10(2)28-12(5-11-6-14(23)15(24)8-13(11)22)7-17(32)30-3-4-31-16(9-30)18(19(33)34)29-20(31)21(25,26)27/h6,8,10,12,28H,3-5,7,9H2,1-2H3,(H,33,34). The van der Waals surface area contributed by atoms with Crippen molar-refractivity contribution in [3.8, 4) is 0 Å². The van der Waals surface area contributed by atoms with Crippen LogP contribution in [0.5, 0.6) is 0 Å². The van der Waals surface area contributed by atoms with Gasteiger partial charge in [-0.05, 0) is 18.1 Å². The molecule has 34 heavy (non-hydrogen) atoms. The van der Waals surface area contributed by atoms with E-state index in [9.17, 15) is 41.0 Å². The van der Waals surface area contributed by atoms with E-state index in [1.807, 2.05) is 0 Å². The largest absolute Gasteiger partial charge is 0.476 e. The second kappa shape index (κ2) is 9.65. The van der Waals surface area contributed by atoms with Gasteiger partial charge in [0.25, 0.3) is 0 Å². The lowest BCUT2D eigenvalue weighted by atomic mass is 10.0. The van der Waals surface area contributed by atoms with Gasteiger partial charge in [-0.3, -0.25) is 4.79 Å². The van der Waals surface area contributed by atoms with E-state index in [0.717, 1.165) is 4.57 Å². The zero-order chi connectivity index (χ0) is 25.4. The van der Waals surface area contributed by atoms with E-state index in [1.165, 1.54) is 4.90 Å². The molecule has 186 valence electrons. The number of aromatic nitrogens is 2. The number of hydrogen-bond acceptors (Lipinski definition) is 4. The van der Waals surface area contributed by atoms with Crippen LogP contribution in [-0.2, 0) is 30.5 Å². The smallest absolute Gasteiger partial charge is 0.449 e. The van der Waals surface area contributed by atoms with Gasteiger partial charge in [-0.1, -0.05) is 13.8 Å². The number of carbonyl (C=O) groups is 2. The van der Waals surface area contributed by atoms with Gasteiger partial charge in [0.2, 0.25) is 11.7 Å². The van der Waals surface area contributed by atoms with Gasteiger partial charge in [-0.15, -0.1) is 0 Å². The van der Waals surface area contributed by atoms with Crippen LogP contribution in [-0.4, -0.2) is 50.1 Å². The monoisotopic (exact) mass is 492 g/mol. The van der Waals surface area contributed by atoms with Crippen LogP contribution in [0.4, 0.5) is 26.3 Å². The second-order valence-corrected chi connectivity index (χ2v) is 8.28. The third-order valence-electron chi connectivity index (χ3n) is 5.36. The number of aromatic carboxylic acids is 1. The summed E-state index contributed by atoms with van der Waals surface area (Å²) in [6.07, 6.45) is -5.26. The number of hydrogen-bond donors (Lipinski definition) is 2. The van der Waals surface area contributed by atoms with Crippen molar-refractivity contribution in [3.05, 3.63) is 52.4 Å². The molecule has 2 heterocycles. The topological polar surface area (TPSA) is 87.5 Å². The minimum Gasteiger partial charge on any atom is -0.476 e. The Hall–Kier alpha value is -3.09. The molecule has 2 aromatic rings. The van der Waals surface area contributed by atoms with Crippen molar-refractivity contribution in [2.24, 2.45) is 0 Å². The number of carboxylic acids is 1. The molecule has 2 N–H and O–H groups in total. The van der Waals surface area contributed by atoms with Crippen LogP contribution in [0.15, 0.2) is 12.1 Å². The summed E-state index contributed by atoms with van der Waals surface area (Å²) in [5.41, 5.74) is -1.19. The molecule has 0 fully saturated rings. The van der Waals surface area contributed by atoms with Crippen LogP contribution < -0.4 is 5.32 Å². The van der Waals surface area contributed by atoms with Crippen molar-refractivity contribution in [2.45, 2.75) is 58.0 Å². The summed E-state index contributed by atoms with van der Waals surface area (Å²) in [4.78, 5) is 28.8. The van der Waals surface area contributed by atoms with E-state index in [1.54, 1.807) is 13.8 Å². The molecule has 1 aliphatic heterocycles. The molecule has 0 bridgehead atoms. The quantitative estimate of drug-likeness (QED) is 0.457. The molecule has 1 aromatic carbocycles. The van der Waals surface area contributed by atoms with Crippen LogP contribution >= 0.6 is 0 Å². The van der Waals surface area contributed by atoms with Crippen LogP contribution in [0, 0.1) is 17.5 Å². The first kappa shape index (κ1) is 25.5. The molecular weight excluding hydrogens is 470 g/mol. The number of benzene rings is 1. The molecule has 3 rings (SSSR count). The van der Waals surface area contributed by atoms with Crippen molar-refractivity contribution < 1.29 is 41.0 Å². The number of alkyl halides is 3. The molecule has 7 nitrogen and oxygen atoms in total. The summed E-state index contributed by atoms with van der Waals surface area (Å²) in [7, 11) is 0. The SMILES string of the molecule is CC(C)NC(CC(=O)N1CCn2c(C(F)(F)F)nc(C(=O)O)c2C1)Cc1cc(F)c(F)cc1F. The fraction of sp³-hybridized carbons (Fsp3) is 0.476. The first-order chi connectivity index (χ1) is 15.8. The Kier molecular flexibility index (Phi) is 7.24. The highest BCUT2D eigenvalue weighted by Crippen LogP contribution is 2.32. The van der Waals surface area contributed by atoms with Gasteiger partial charge in [0.15, 0.2) is 17.3 Å². The third-order valence-corrected chi connectivity index (χ3v) is 5.36. The normalized spacial score (nSPS) is 14.9. The molecular formula is C21H22F6N4O3. The Morgan fingerprint density at radius 2 is 1.76 bits per heavy atom. The molecule has 1 aliphatic rings. The molecule has 0 aliphatic carbocycles. The number of fused-ring (bicyclic) bond motifs is 1. The Bertz CT molecular complexity index is 1100. The maximum absolute atomic E-state index is 14.1. The number of imidazole rings is 1. The molecule has 0 radical (unpaired) electrons. The number of carbonyl (C=O) groups excluding carboxylic acids is 1. The molecule has 0 spiro atoms. The van der Waals surface area contributed by atoms with E-state index in [4.69, 9.17) is 0 Å². The molecule has 1 atom stereocenters. The first-order valence-electron chi connectivity index (χ1n) is 10.3. The zero-order valence-electron chi connectivity index (χ0n) is 18.2. The van der Waals surface area contributed by atoms with Crippen LogP contribution in [0.1, 0.15) is 47.8 Å². The van der Waals surface area contributed by atoms with Crippen molar-refractivity contribution in [1.29, 1.82) is 0 Å². The lowest BCUT2D eigenvalue weighted by Crippen LogP contribution is -2.44. The van der Waals surface area contributed by atoms with Gasteiger partial charge in [0, 0.05) is 37.7 Å². The van der Waals surface area contributed by atoms with E-state index in [2.05, 4.69) is 10.3 Å². The number of amides is 1. The highest BCUT2D eigenvalue weighted by molar-refractivity contribution is 5.87. The summed E-state index contributed by atoms with van der Waals surface area (Å²) in [5, 5.41) is 12.3. The Morgan fingerprint density at radius 3 is 2.35 bits per heavy atom. The summed E-state index contributed by atoms with van der Waals surface area (Å²) in [5.74, 6) is -7.09. The van der Waals surface area contributed by atoms with Crippen molar-refractivity contribution in [3.63, 3.8) is 0 Å². The lowest BCUT2D eigenvalue weighted by Gasteiger charge is -2.31. The number of halogens is 6. The van der Waals surface area contributed by atoms with Crippen LogP contribution in [0.2, 0.25) is 0 Å².